The number of Topliss-reactive ketones (excluding diaryl/α,β-unsaturated/α-hetero) is 1. The van der Waals surface area contributed by atoms with E-state index in [0.29, 0.717) is 27.9 Å². The second kappa shape index (κ2) is 8.02. The van der Waals surface area contributed by atoms with Gasteiger partial charge in [0.15, 0.2) is 10.9 Å². The predicted octanol–water partition coefficient (Wildman–Crippen LogP) is 5.77. The molecule has 0 saturated heterocycles. The molecule has 0 saturated carbocycles. The quantitative estimate of drug-likeness (QED) is 0.551. The van der Waals surface area contributed by atoms with Gasteiger partial charge in [0.25, 0.3) is 0 Å². The van der Waals surface area contributed by atoms with Crippen LogP contribution in [0.15, 0.2) is 64.8 Å². The maximum absolute atomic E-state index is 13.5. The molecule has 1 amide bonds. The molecule has 0 bridgehead atoms. The topological polar surface area (TPSA) is 71.4 Å². The third-order valence-electron chi connectivity index (χ3n) is 5.85. The van der Waals surface area contributed by atoms with Crippen LogP contribution in [0, 0.1) is 5.92 Å². The molecule has 7 heteroatoms. The second-order valence-electron chi connectivity index (χ2n) is 7.88. The number of para-hydroxylation sites is 1. The van der Waals surface area contributed by atoms with E-state index in [9.17, 15) is 9.59 Å². The number of carbonyl (C=O) groups excluding carboxylic acids is 2. The number of thiazole rings is 1. The van der Waals surface area contributed by atoms with Crippen LogP contribution in [0.5, 0.6) is 0 Å². The van der Waals surface area contributed by atoms with Gasteiger partial charge in [0, 0.05) is 34.3 Å². The fourth-order valence-corrected chi connectivity index (χ4v) is 5.58. The highest BCUT2D eigenvalue weighted by atomic mass is 35.5. The molecule has 156 valence electrons. The number of halogens is 1. The van der Waals surface area contributed by atoms with Crippen LogP contribution in [0.3, 0.4) is 0 Å². The molecule has 1 aliphatic heterocycles. The van der Waals surface area contributed by atoms with Crippen LogP contribution in [0.25, 0.3) is 10.2 Å². The van der Waals surface area contributed by atoms with Crippen LogP contribution in [-0.2, 0) is 9.59 Å². The Labute approximate surface area is 188 Å². The molecule has 0 spiro atoms. The molecule has 1 N–H and O–H groups in total. The fraction of sp³-hybridized carbons (Fsp3) is 0.250. The van der Waals surface area contributed by atoms with E-state index in [4.69, 9.17) is 16.6 Å². The molecule has 31 heavy (non-hydrogen) atoms. The number of nitrogens with one attached hydrogen (secondary N) is 1. The molecule has 2 heterocycles. The van der Waals surface area contributed by atoms with E-state index in [2.05, 4.69) is 10.3 Å². The molecule has 2 aromatic carbocycles. The van der Waals surface area contributed by atoms with Crippen molar-refractivity contribution in [2.24, 2.45) is 10.9 Å². The summed E-state index contributed by atoms with van der Waals surface area (Å²) in [5.74, 6) is -1.16. The van der Waals surface area contributed by atoms with Crippen molar-refractivity contribution in [3.05, 3.63) is 70.4 Å². The number of benzene rings is 2. The maximum Gasteiger partial charge on any atom is 0.235 e. The van der Waals surface area contributed by atoms with Gasteiger partial charge in [-0.1, -0.05) is 47.2 Å². The summed E-state index contributed by atoms with van der Waals surface area (Å²) in [6, 6.07) is 15.2. The van der Waals surface area contributed by atoms with Crippen molar-refractivity contribution in [1.82, 2.24) is 4.98 Å². The minimum atomic E-state index is -0.605. The Bertz CT molecular complexity index is 1240. The van der Waals surface area contributed by atoms with Crippen LogP contribution in [0.4, 0.5) is 5.13 Å². The zero-order valence-electron chi connectivity index (χ0n) is 16.9. The Kier molecular flexibility index (Phi) is 5.20. The highest BCUT2D eigenvalue weighted by Gasteiger charge is 2.42. The Morgan fingerprint density at radius 1 is 1.16 bits per heavy atom. The van der Waals surface area contributed by atoms with Gasteiger partial charge in [-0.05, 0) is 49.6 Å². The lowest BCUT2D eigenvalue weighted by Gasteiger charge is -2.34. The van der Waals surface area contributed by atoms with Crippen LogP contribution < -0.4 is 5.32 Å². The first-order valence-corrected chi connectivity index (χ1v) is 11.4. The Balaban J connectivity index is 1.56. The van der Waals surface area contributed by atoms with Gasteiger partial charge in [-0.15, -0.1) is 0 Å². The molecule has 5 nitrogen and oxygen atoms in total. The van der Waals surface area contributed by atoms with Crippen molar-refractivity contribution < 1.29 is 9.59 Å². The average Bonchev–Trinajstić information content (AvgIpc) is 3.15. The van der Waals surface area contributed by atoms with E-state index < -0.39 is 11.8 Å². The molecule has 2 aliphatic rings. The van der Waals surface area contributed by atoms with Crippen LogP contribution in [-0.4, -0.2) is 22.4 Å². The van der Waals surface area contributed by atoms with Gasteiger partial charge < -0.3 is 5.32 Å². The minimum Gasteiger partial charge on any atom is -0.301 e. The van der Waals surface area contributed by atoms with Crippen LogP contribution >= 0.6 is 22.9 Å². The van der Waals surface area contributed by atoms with Gasteiger partial charge in [0.05, 0.1) is 16.1 Å². The number of hydrogen-bond donors (Lipinski definition) is 1. The number of aromatic nitrogens is 1. The van der Waals surface area contributed by atoms with Crippen molar-refractivity contribution in [1.29, 1.82) is 0 Å². The minimum absolute atomic E-state index is 0.0697. The second-order valence-corrected chi connectivity index (χ2v) is 9.34. The summed E-state index contributed by atoms with van der Waals surface area (Å²) in [5.41, 5.74) is 3.87. The summed E-state index contributed by atoms with van der Waals surface area (Å²) in [6.45, 7) is 1.86. The number of ketones is 1. The molecule has 1 aromatic heterocycles. The normalized spacial score (nSPS) is 21.1. The Morgan fingerprint density at radius 2 is 2.00 bits per heavy atom. The number of amides is 1. The van der Waals surface area contributed by atoms with E-state index >= 15 is 0 Å². The van der Waals surface area contributed by atoms with E-state index in [0.717, 1.165) is 34.3 Å². The average molecular weight is 450 g/mol. The Morgan fingerprint density at radius 3 is 2.81 bits per heavy atom. The lowest BCUT2D eigenvalue weighted by Crippen LogP contribution is -2.39. The fourth-order valence-electron chi connectivity index (χ4n) is 4.52. The monoisotopic (exact) mass is 449 g/mol. The highest BCUT2D eigenvalue weighted by molar-refractivity contribution is 7.22. The number of aliphatic imine (C=N–C) groups is 1. The first kappa shape index (κ1) is 20.1. The van der Waals surface area contributed by atoms with Crippen molar-refractivity contribution in [3.8, 4) is 0 Å². The van der Waals surface area contributed by atoms with Crippen molar-refractivity contribution in [2.45, 2.75) is 32.1 Å². The van der Waals surface area contributed by atoms with Gasteiger partial charge >= 0.3 is 0 Å². The lowest BCUT2D eigenvalue weighted by atomic mass is 9.71. The highest BCUT2D eigenvalue weighted by Crippen LogP contribution is 2.44. The zero-order valence-corrected chi connectivity index (χ0v) is 18.5. The largest absolute Gasteiger partial charge is 0.301 e. The standard InChI is InChI=1S/C24H20ClN3O2S/c1-13-20(23(30)28-24-27-16-8-2-3-11-19(16)31-24)21(14-6-4-7-15(25)12-14)22-17(26-13)9-5-10-18(22)29/h2-4,6-8,11-12,20-21H,5,9-10H2,1H3,(H,27,28,30)/t20?,21-/m1/s1. The molecule has 2 atom stereocenters. The predicted molar refractivity (Wildman–Crippen MR) is 125 cm³/mol. The number of rotatable bonds is 3. The molecule has 5 rings (SSSR count). The molecule has 1 unspecified atom stereocenters. The van der Waals surface area contributed by atoms with Gasteiger partial charge in [0.2, 0.25) is 5.91 Å². The SMILES string of the molecule is CC1=NC2=C(C(=O)CCC2)[C@H](c2cccc(Cl)c2)C1C(=O)Nc1nc2ccccc2s1. The van der Waals surface area contributed by atoms with E-state index in [-0.39, 0.29) is 11.7 Å². The first-order chi connectivity index (χ1) is 15.0. The van der Waals surface area contributed by atoms with E-state index in [1.165, 1.54) is 11.3 Å². The number of nitrogens with zero attached hydrogens (tertiary/aromatic N) is 2. The molecular formula is C24H20ClN3O2S. The first-order valence-electron chi connectivity index (χ1n) is 10.2. The third kappa shape index (κ3) is 3.70. The molecule has 0 radical (unpaired) electrons. The van der Waals surface area contributed by atoms with Gasteiger partial charge in [0.1, 0.15) is 0 Å². The smallest absolute Gasteiger partial charge is 0.235 e. The molecule has 3 aromatic rings. The number of anilines is 1. The number of fused-ring (bicyclic) bond motifs is 1. The summed E-state index contributed by atoms with van der Waals surface area (Å²) in [7, 11) is 0. The molecule has 1 aliphatic carbocycles. The maximum atomic E-state index is 13.5. The zero-order chi connectivity index (χ0) is 21.5. The van der Waals surface area contributed by atoms with Gasteiger partial charge in [-0.2, -0.15) is 0 Å². The van der Waals surface area contributed by atoms with Crippen molar-refractivity contribution >= 4 is 55.7 Å². The summed E-state index contributed by atoms with van der Waals surface area (Å²) in [5, 5.41) is 4.09. The third-order valence-corrected chi connectivity index (χ3v) is 7.04. The summed E-state index contributed by atoms with van der Waals surface area (Å²) < 4.78 is 1.01. The summed E-state index contributed by atoms with van der Waals surface area (Å²) >= 11 is 7.70. The summed E-state index contributed by atoms with van der Waals surface area (Å²) in [4.78, 5) is 35.7. The van der Waals surface area contributed by atoms with Crippen LogP contribution in [0.2, 0.25) is 5.02 Å². The number of hydrogen-bond acceptors (Lipinski definition) is 5. The number of allylic oxidation sites excluding steroid dienone is 2. The summed E-state index contributed by atoms with van der Waals surface area (Å²) in [6.07, 6.45) is 2.03. The van der Waals surface area contributed by atoms with E-state index in [1.54, 1.807) is 6.07 Å². The molecule has 0 fully saturated rings. The Hall–Kier alpha value is -2.83. The van der Waals surface area contributed by atoms with Gasteiger partial charge in [-0.3, -0.25) is 14.6 Å². The lowest BCUT2D eigenvalue weighted by molar-refractivity contribution is -0.119. The molecular weight excluding hydrogens is 430 g/mol. The van der Waals surface area contributed by atoms with Crippen LogP contribution in [0.1, 0.15) is 37.7 Å². The van der Waals surface area contributed by atoms with E-state index in [1.807, 2.05) is 49.4 Å². The number of carbonyl (C=O) groups is 2. The van der Waals surface area contributed by atoms with Gasteiger partial charge in [-0.25, -0.2) is 4.98 Å². The van der Waals surface area contributed by atoms with Crippen molar-refractivity contribution in [2.75, 3.05) is 5.32 Å². The van der Waals surface area contributed by atoms with Crippen molar-refractivity contribution in [3.63, 3.8) is 0 Å².